The molecule has 0 atom stereocenters. The van der Waals surface area contributed by atoms with Gasteiger partial charge in [0.2, 0.25) is 0 Å². The highest BCUT2D eigenvalue weighted by Crippen LogP contribution is 2.84. The highest BCUT2D eigenvalue weighted by molar-refractivity contribution is 5.26. The highest BCUT2D eigenvalue weighted by Gasteiger charge is 2.78. The molecule has 0 nitrogen and oxygen atoms in total. The Morgan fingerprint density at radius 3 is 1.18 bits per heavy atom. The Morgan fingerprint density at radius 1 is 0.706 bits per heavy atom. The molecule has 0 unspecified atom stereocenters. The molecule has 0 bridgehead atoms. The lowest BCUT2D eigenvalue weighted by molar-refractivity contribution is -0.355. The molecule has 0 spiro atoms. The van der Waals surface area contributed by atoms with Crippen molar-refractivity contribution in [1.29, 1.82) is 0 Å². The third-order valence-corrected chi connectivity index (χ3v) is 7.75. The van der Waals surface area contributed by atoms with Crippen LogP contribution in [0.5, 0.6) is 0 Å². The Kier molecular flexibility index (Phi) is 2.93. The molecule has 0 aromatic rings. The Labute approximate surface area is 110 Å². The summed E-state index contributed by atoms with van der Waals surface area (Å²) in [5.74, 6) is 0.725. The quantitative estimate of drug-likeness (QED) is 0.544. The van der Waals surface area contributed by atoms with E-state index in [2.05, 4.69) is 76.2 Å². The summed E-state index contributed by atoms with van der Waals surface area (Å²) in [6, 6.07) is 0. The number of rotatable bonds is 1. The summed E-state index contributed by atoms with van der Waals surface area (Å²) < 4.78 is 0. The minimum Gasteiger partial charge on any atom is -0.0622 e. The molecule has 0 aliphatic heterocycles. The second-order valence-electron chi connectivity index (χ2n) is 8.98. The molecule has 1 fully saturated rings. The van der Waals surface area contributed by atoms with Crippen molar-refractivity contribution in [2.75, 3.05) is 0 Å². The van der Waals surface area contributed by atoms with Crippen molar-refractivity contribution in [3.8, 4) is 0 Å². The van der Waals surface area contributed by atoms with E-state index in [1.807, 2.05) is 0 Å². The van der Waals surface area contributed by atoms with Crippen LogP contribution < -0.4 is 0 Å². The molecule has 0 aromatic carbocycles. The van der Waals surface area contributed by atoms with Crippen molar-refractivity contribution >= 4 is 0 Å². The van der Waals surface area contributed by atoms with E-state index in [1.165, 1.54) is 0 Å². The van der Waals surface area contributed by atoms with Gasteiger partial charge in [-0.3, -0.25) is 0 Å². The second-order valence-corrected chi connectivity index (χ2v) is 8.98. The summed E-state index contributed by atoms with van der Waals surface area (Å²) in [6.07, 6.45) is 0. The average molecular weight is 238 g/mol. The van der Waals surface area contributed by atoms with Gasteiger partial charge in [0.25, 0.3) is 0 Å². The van der Waals surface area contributed by atoms with Gasteiger partial charge >= 0.3 is 0 Å². The van der Waals surface area contributed by atoms with Crippen LogP contribution in [-0.4, -0.2) is 0 Å². The van der Waals surface area contributed by atoms with Gasteiger partial charge in [-0.2, -0.15) is 0 Å². The number of hydrogen-bond donors (Lipinski definition) is 0. The molecular weight excluding hydrogens is 204 g/mol. The van der Waals surface area contributed by atoms with Gasteiger partial charge in [0, 0.05) is 0 Å². The van der Waals surface area contributed by atoms with Crippen LogP contribution in [0.4, 0.5) is 0 Å². The summed E-state index contributed by atoms with van der Waals surface area (Å²) in [4.78, 5) is 0. The lowest BCUT2D eigenvalue weighted by Crippen LogP contribution is -2.78. The largest absolute Gasteiger partial charge is 0.0622 e. The van der Waals surface area contributed by atoms with Gasteiger partial charge in [0.1, 0.15) is 0 Å². The molecule has 17 heavy (non-hydrogen) atoms. The third kappa shape index (κ3) is 1.21. The Morgan fingerprint density at radius 2 is 1.00 bits per heavy atom. The van der Waals surface area contributed by atoms with Crippen LogP contribution in [0, 0.1) is 33.0 Å². The summed E-state index contributed by atoms with van der Waals surface area (Å²) in [7, 11) is 0. The van der Waals surface area contributed by atoms with Crippen molar-refractivity contribution in [1.82, 2.24) is 0 Å². The van der Waals surface area contributed by atoms with Gasteiger partial charge in [-0.1, -0.05) is 76.2 Å². The van der Waals surface area contributed by atoms with Crippen LogP contribution in [-0.2, 0) is 0 Å². The molecule has 0 amide bonds. The first-order valence-electron chi connectivity index (χ1n) is 7.19. The van der Waals surface area contributed by atoms with Crippen LogP contribution in [0.2, 0.25) is 0 Å². The summed E-state index contributed by atoms with van der Waals surface area (Å²) in [6.45, 7) is 27.0. The fourth-order valence-corrected chi connectivity index (χ4v) is 5.86. The van der Waals surface area contributed by atoms with E-state index in [-0.39, 0.29) is 0 Å². The fraction of sp³-hybridized carbons (Fsp3) is 1.00. The Balaban J connectivity index is 3.45. The zero-order valence-corrected chi connectivity index (χ0v) is 14.1. The van der Waals surface area contributed by atoms with E-state index in [4.69, 9.17) is 0 Å². The first-order chi connectivity index (χ1) is 7.19. The van der Waals surface area contributed by atoms with Crippen molar-refractivity contribution in [2.24, 2.45) is 33.0 Å². The topological polar surface area (TPSA) is 0 Å². The highest BCUT2D eigenvalue weighted by atomic mass is 14.8. The first kappa shape index (κ1) is 15.1. The van der Waals surface area contributed by atoms with Gasteiger partial charge in [-0.15, -0.1) is 0 Å². The molecule has 0 aromatic heterocycles. The number of hydrogen-bond acceptors (Lipinski definition) is 0. The average Bonchev–Trinajstić information content (AvgIpc) is 2.11. The molecule has 0 saturated heterocycles. The summed E-state index contributed by atoms with van der Waals surface area (Å²) in [5, 5.41) is 0. The van der Waals surface area contributed by atoms with Crippen molar-refractivity contribution in [3.05, 3.63) is 0 Å². The van der Waals surface area contributed by atoms with E-state index >= 15 is 0 Å². The molecule has 0 radical (unpaired) electrons. The van der Waals surface area contributed by atoms with Crippen LogP contribution in [0.25, 0.3) is 0 Å². The summed E-state index contributed by atoms with van der Waals surface area (Å²) in [5.41, 5.74) is 1.86. The maximum absolute atomic E-state index is 2.51. The minimum absolute atomic E-state index is 0.342. The van der Waals surface area contributed by atoms with E-state index < -0.39 is 0 Å². The summed E-state index contributed by atoms with van der Waals surface area (Å²) >= 11 is 0. The van der Waals surface area contributed by atoms with E-state index in [0.717, 1.165) is 5.92 Å². The van der Waals surface area contributed by atoms with E-state index in [1.54, 1.807) is 0 Å². The lowest BCUT2D eigenvalue weighted by atomic mass is 9.21. The van der Waals surface area contributed by atoms with Crippen LogP contribution in [0.15, 0.2) is 0 Å². The van der Waals surface area contributed by atoms with Crippen LogP contribution >= 0.6 is 0 Å². The van der Waals surface area contributed by atoms with Crippen molar-refractivity contribution in [3.63, 3.8) is 0 Å². The zero-order valence-electron chi connectivity index (χ0n) is 14.1. The SMILES string of the molecule is CC(C)C1(C)C(C)(C)C(C)(C(C)(C)C)C1(C)C. The van der Waals surface area contributed by atoms with Crippen LogP contribution in [0.3, 0.4) is 0 Å². The lowest BCUT2D eigenvalue weighted by Gasteiger charge is -2.83. The van der Waals surface area contributed by atoms with Crippen molar-refractivity contribution in [2.45, 2.75) is 76.2 Å². The molecular formula is C17H34. The van der Waals surface area contributed by atoms with E-state index in [9.17, 15) is 0 Å². The van der Waals surface area contributed by atoms with Crippen molar-refractivity contribution < 1.29 is 0 Å². The van der Waals surface area contributed by atoms with Gasteiger partial charge in [-0.25, -0.2) is 0 Å². The molecule has 0 heterocycles. The monoisotopic (exact) mass is 238 g/mol. The molecule has 0 heteroatoms. The Hall–Kier alpha value is 0. The van der Waals surface area contributed by atoms with Gasteiger partial charge in [0.15, 0.2) is 0 Å². The van der Waals surface area contributed by atoms with E-state index in [0.29, 0.717) is 27.1 Å². The fourth-order valence-electron chi connectivity index (χ4n) is 5.86. The molecule has 1 rings (SSSR count). The smallest absolute Gasteiger partial charge is 0.0164 e. The standard InChI is InChI=1S/C17H34/c1-12(2)16(10)14(6,7)17(11,13(3,4)5)15(16,8)9/h12H,1-11H3. The first-order valence-corrected chi connectivity index (χ1v) is 7.19. The molecule has 1 saturated carbocycles. The third-order valence-electron chi connectivity index (χ3n) is 7.75. The maximum Gasteiger partial charge on any atom is -0.0164 e. The normalized spacial score (nSPS) is 40.2. The second kappa shape index (κ2) is 3.31. The Bertz CT molecular complexity index is 293. The molecule has 0 N–H and O–H groups in total. The predicted molar refractivity (Wildman–Crippen MR) is 78.1 cm³/mol. The van der Waals surface area contributed by atoms with Gasteiger partial charge in [0.05, 0.1) is 0 Å². The predicted octanol–water partition coefficient (Wildman–Crippen LogP) is 5.77. The van der Waals surface area contributed by atoms with Gasteiger partial charge in [-0.05, 0) is 33.0 Å². The molecule has 102 valence electrons. The van der Waals surface area contributed by atoms with Gasteiger partial charge < -0.3 is 0 Å². The minimum atomic E-state index is 0.342. The maximum atomic E-state index is 2.51. The van der Waals surface area contributed by atoms with Crippen LogP contribution in [0.1, 0.15) is 76.2 Å². The molecule has 1 aliphatic carbocycles. The molecule has 1 aliphatic rings. The zero-order chi connectivity index (χ0) is 14.1.